The second-order valence-corrected chi connectivity index (χ2v) is 10.4. The number of nitrogens with zero attached hydrogens (tertiary/aromatic N) is 6. The van der Waals surface area contributed by atoms with Gasteiger partial charge in [0.15, 0.2) is 5.82 Å². The van der Waals surface area contributed by atoms with E-state index in [4.69, 9.17) is 15.8 Å². The molecule has 0 saturated carbocycles. The molecular formula is C30H36N8. The van der Waals surface area contributed by atoms with Gasteiger partial charge in [0.1, 0.15) is 0 Å². The number of pyridine rings is 1. The summed E-state index contributed by atoms with van der Waals surface area (Å²) in [6.07, 6.45) is 6.90. The van der Waals surface area contributed by atoms with E-state index < -0.39 is 0 Å². The summed E-state index contributed by atoms with van der Waals surface area (Å²) in [6, 6.07) is 21.1. The van der Waals surface area contributed by atoms with E-state index >= 15 is 0 Å². The van der Waals surface area contributed by atoms with Crippen LogP contribution < -0.4 is 16.0 Å². The molecule has 1 saturated heterocycles. The number of fused-ring (bicyclic) bond motifs is 1. The van der Waals surface area contributed by atoms with Crippen LogP contribution in [0.3, 0.4) is 0 Å². The van der Waals surface area contributed by atoms with Gasteiger partial charge in [0.2, 0.25) is 11.9 Å². The van der Waals surface area contributed by atoms with Crippen molar-refractivity contribution in [2.24, 2.45) is 0 Å². The van der Waals surface area contributed by atoms with E-state index in [9.17, 15) is 0 Å². The van der Waals surface area contributed by atoms with Gasteiger partial charge in [0.25, 0.3) is 0 Å². The van der Waals surface area contributed by atoms with Crippen LogP contribution in [0.25, 0.3) is 16.9 Å². The van der Waals surface area contributed by atoms with E-state index in [0.29, 0.717) is 17.7 Å². The molecule has 6 rings (SSSR count). The highest BCUT2D eigenvalue weighted by atomic mass is 15.4. The lowest BCUT2D eigenvalue weighted by Gasteiger charge is -2.34. The van der Waals surface area contributed by atoms with Crippen LogP contribution in [0.5, 0.6) is 0 Å². The first-order chi connectivity index (χ1) is 18.6. The number of hydrogen-bond donors (Lipinski definition) is 2. The number of likely N-dealkylation sites (N-methyl/N-ethyl adjacent to an activating group) is 1. The molecular weight excluding hydrogens is 472 g/mol. The van der Waals surface area contributed by atoms with Gasteiger partial charge in [-0.3, -0.25) is 0 Å². The predicted molar refractivity (Wildman–Crippen MR) is 154 cm³/mol. The molecule has 2 aromatic carbocycles. The Balaban J connectivity index is 1.28. The topological polar surface area (TPSA) is 88.1 Å². The van der Waals surface area contributed by atoms with Gasteiger partial charge in [-0.1, -0.05) is 43.2 Å². The van der Waals surface area contributed by atoms with E-state index in [-0.39, 0.29) is 0 Å². The zero-order valence-corrected chi connectivity index (χ0v) is 22.1. The molecule has 0 spiro atoms. The monoisotopic (exact) mass is 508 g/mol. The minimum absolute atomic E-state index is 0.318. The quantitative estimate of drug-likeness (QED) is 0.389. The van der Waals surface area contributed by atoms with E-state index in [1.807, 2.05) is 0 Å². The van der Waals surface area contributed by atoms with Crippen LogP contribution in [0.1, 0.15) is 36.9 Å². The van der Waals surface area contributed by atoms with Gasteiger partial charge >= 0.3 is 0 Å². The average molecular weight is 509 g/mol. The van der Waals surface area contributed by atoms with Crippen molar-refractivity contribution in [1.82, 2.24) is 24.6 Å². The van der Waals surface area contributed by atoms with Gasteiger partial charge < -0.3 is 20.9 Å². The molecule has 0 atom stereocenters. The molecule has 3 N–H and O–H groups in total. The lowest BCUT2D eigenvalue weighted by atomic mass is 9.90. The van der Waals surface area contributed by atoms with Crippen LogP contribution >= 0.6 is 0 Å². The summed E-state index contributed by atoms with van der Waals surface area (Å²) in [5.41, 5.74) is 13.5. The number of aromatic nitrogens is 4. The van der Waals surface area contributed by atoms with Crippen molar-refractivity contribution in [3.05, 3.63) is 71.9 Å². The summed E-state index contributed by atoms with van der Waals surface area (Å²) in [4.78, 5) is 14.4. The molecule has 2 aromatic heterocycles. The molecule has 1 aliphatic heterocycles. The van der Waals surface area contributed by atoms with Crippen molar-refractivity contribution >= 4 is 23.3 Å². The first kappa shape index (κ1) is 24.4. The second-order valence-electron chi connectivity index (χ2n) is 10.4. The Kier molecular flexibility index (Phi) is 6.96. The normalized spacial score (nSPS) is 16.5. The largest absolute Gasteiger partial charge is 0.369 e. The number of hydrogen-bond acceptors (Lipinski definition) is 7. The predicted octanol–water partition coefficient (Wildman–Crippen LogP) is 5.07. The Labute approximate surface area is 224 Å². The first-order valence-corrected chi connectivity index (χ1v) is 13.8. The van der Waals surface area contributed by atoms with Crippen molar-refractivity contribution < 1.29 is 0 Å². The molecule has 1 aliphatic carbocycles. The minimum atomic E-state index is 0.318. The Morgan fingerprint density at radius 2 is 1.55 bits per heavy atom. The number of piperazine rings is 1. The van der Waals surface area contributed by atoms with Crippen molar-refractivity contribution in [3.8, 4) is 16.9 Å². The molecule has 3 heterocycles. The van der Waals surface area contributed by atoms with E-state index in [1.165, 1.54) is 41.6 Å². The number of benzene rings is 2. The Morgan fingerprint density at radius 1 is 0.816 bits per heavy atom. The Morgan fingerprint density at radius 3 is 2.32 bits per heavy atom. The summed E-state index contributed by atoms with van der Waals surface area (Å²) in [5, 5.41) is 8.03. The highest BCUT2D eigenvalue weighted by Gasteiger charge is 2.19. The number of rotatable bonds is 5. The fraction of sp³-hybridized carbons (Fsp3) is 0.367. The van der Waals surface area contributed by atoms with Gasteiger partial charge in [0.05, 0.1) is 0 Å². The summed E-state index contributed by atoms with van der Waals surface area (Å²) in [5.74, 6) is 1.50. The molecule has 8 heteroatoms. The van der Waals surface area contributed by atoms with Crippen LogP contribution in [0.4, 0.5) is 23.3 Å². The summed E-state index contributed by atoms with van der Waals surface area (Å²) >= 11 is 0. The van der Waals surface area contributed by atoms with Crippen molar-refractivity contribution in [2.75, 3.05) is 49.2 Å². The van der Waals surface area contributed by atoms with E-state index in [1.54, 1.807) is 4.68 Å². The number of aryl methyl sites for hydroxylation is 1. The number of anilines is 4. The zero-order valence-electron chi connectivity index (χ0n) is 22.1. The number of nitrogen functional groups attached to an aromatic ring is 1. The molecule has 0 unspecified atom stereocenters. The molecule has 8 nitrogen and oxygen atoms in total. The minimum Gasteiger partial charge on any atom is -0.369 e. The standard InChI is InChI=1S/C30H36N8/c1-36-17-19-37(20-18-36)24-15-13-23(14-16-24)32-30-34-29(31)38(35-30)28-21-26(22-9-5-4-6-10-22)25-11-7-2-3-8-12-27(25)33-28/h4-6,9-10,13-16,21H,2-3,7-8,11-12,17-20H2,1H3,(H3,31,32,34,35). The maximum atomic E-state index is 6.38. The third kappa shape index (κ3) is 5.22. The third-order valence-electron chi connectivity index (χ3n) is 7.71. The molecule has 0 radical (unpaired) electrons. The van der Waals surface area contributed by atoms with E-state index in [2.05, 4.69) is 87.8 Å². The number of nitrogens with one attached hydrogen (secondary N) is 1. The molecule has 38 heavy (non-hydrogen) atoms. The van der Waals surface area contributed by atoms with E-state index in [0.717, 1.165) is 56.8 Å². The van der Waals surface area contributed by atoms with Crippen molar-refractivity contribution in [3.63, 3.8) is 0 Å². The Hall–Kier alpha value is -3.91. The fourth-order valence-electron chi connectivity index (χ4n) is 5.52. The molecule has 196 valence electrons. The summed E-state index contributed by atoms with van der Waals surface area (Å²) < 4.78 is 1.66. The van der Waals surface area contributed by atoms with Crippen LogP contribution in [0.15, 0.2) is 60.7 Å². The van der Waals surface area contributed by atoms with Gasteiger partial charge in [-0.15, -0.1) is 5.10 Å². The molecule has 1 fully saturated rings. The average Bonchev–Trinajstić information content (AvgIpc) is 3.30. The molecule has 0 bridgehead atoms. The highest BCUT2D eigenvalue weighted by Crippen LogP contribution is 2.32. The first-order valence-electron chi connectivity index (χ1n) is 13.8. The second kappa shape index (κ2) is 10.8. The summed E-state index contributed by atoms with van der Waals surface area (Å²) in [6.45, 7) is 4.27. The van der Waals surface area contributed by atoms with Crippen molar-refractivity contribution in [2.45, 2.75) is 38.5 Å². The SMILES string of the molecule is CN1CCN(c2ccc(Nc3nc(N)n(-c4cc(-c5ccccc5)c5c(n4)CCCCCC5)n3)cc2)CC1. The maximum absolute atomic E-state index is 6.38. The van der Waals surface area contributed by atoms with Gasteiger partial charge in [0, 0.05) is 43.2 Å². The number of nitrogens with two attached hydrogens (primary N) is 1. The van der Waals surface area contributed by atoms with Gasteiger partial charge in [-0.05, 0) is 79.8 Å². The smallest absolute Gasteiger partial charge is 0.248 e. The fourth-order valence-corrected chi connectivity index (χ4v) is 5.52. The van der Waals surface area contributed by atoms with Crippen LogP contribution in [0.2, 0.25) is 0 Å². The molecule has 2 aliphatic rings. The molecule has 0 amide bonds. The lowest BCUT2D eigenvalue weighted by Crippen LogP contribution is -2.44. The van der Waals surface area contributed by atoms with Crippen LogP contribution in [-0.4, -0.2) is 57.9 Å². The summed E-state index contributed by atoms with van der Waals surface area (Å²) in [7, 11) is 2.17. The van der Waals surface area contributed by atoms with Crippen LogP contribution in [-0.2, 0) is 12.8 Å². The lowest BCUT2D eigenvalue weighted by molar-refractivity contribution is 0.313. The third-order valence-corrected chi connectivity index (χ3v) is 7.71. The van der Waals surface area contributed by atoms with Crippen LogP contribution in [0, 0.1) is 0 Å². The molecule has 4 aromatic rings. The van der Waals surface area contributed by atoms with Gasteiger partial charge in [-0.2, -0.15) is 9.67 Å². The maximum Gasteiger partial charge on any atom is 0.248 e. The highest BCUT2D eigenvalue weighted by molar-refractivity contribution is 5.70. The zero-order chi connectivity index (χ0) is 25.9. The van der Waals surface area contributed by atoms with Crippen molar-refractivity contribution in [1.29, 1.82) is 0 Å². The Bertz CT molecular complexity index is 1370. The van der Waals surface area contributed by atoms with Gasteiger partial charge in [-0.25, -0.2) is 4.98 Å².